The van der Waals surface area contributed by atoms with Crippen LogP contribution in [0.15, 0.2) is 47.5 Å². The number of aliphatic carboxylic acids is 1. The number of anilines is 1. The predicted molar refractivity (Wildman–Crippen MR) is 129 cm³/mol. The van der Waals surface area contributed by atoms with E-state index >= 15 is 0 Å². The van der Waals surface area contributed by atoms with E-state index in [1.807, 2.05) is 11.6 Å². The van der Waals surface area contributed by atoms with Crippen LogP contribution >= 0.6 is 0 Å². The van der Waals surface area contributed by atoms with E-state index in [4.69, 9.17) is 25.1 Å². The molecule has 11 nitrogen and oxygen atoms in total. The van der Waals surface area contributed by atoms with E-state index in [2.05, 4.69) is 0 Å². The second kappa shape index (κ2) is 10.2. The van der Waals surface area contributed by atoms with Crippen LogP contribution in [0.3, 0.4) is 0 Å². The average molecular weight is 506 g/mol. The monoisotopic (exact) mass is 505 g/mol. The normalized spacial score (nSPS) is 12.3. The first kappa shape index (κ1) is 25.8. The van der Waals surface area contributed by atoms with Gasteiger partial charge in [0.2, 0.25) is 5.75 Å². The van der Waals surface area contributed by atoms with Crippen molar-refractivity contribution in [3.05, 3.63) is 42.6 Å². The third kappa shape index (κ3) is 5.03. The zero-order valence-corrected chi connectivity index (χ0v) is 20.5. The van der Waals surface area contributed by atoms with E-state index in [1.54, 1.807) is 18.3 Å². The van der Waals surface area contributed by atoms with Gasteiger partial charge in [0.1, 0.15) is 0 Å². The van der Waals surface area contributed by atoms with Gasteiger partial charge in [0.15, 0.2) is 11.5 Å². The first-order chi connectivity index (χ1) is 16.5. The Labute approximate surface area is 202 Å². The number of carboxylic acid groups (broad SMARTS) is 1. The number of amides is 1. The summed E-state index contributed by atoms with van der Waals surface area (Å²) in [6.07, 6.45) is 1.11. The van der Waals surface area contributed by atoms with Crippen LogP contribution in [0.2, 0.25) is 0 Å². The fraction of sp³-hybridized carbons (Fsp3) is 0.304. The number of rotatable bonds is 10. The van der Waals surface area contributed by atoms with E-state index < -0.39 is 34.4 Å². The third-order valence-electron chi connectivity index (χ3n) is 5.47. The van der Waals surface area contributed by atoms with Crippen molar-refractivity contribution in [2.24, 2.45) is 12.8 Å². The van der Waals surface area contributed by atoms with Crippen molar-refractivity contribution in [1.29, 1.82) is 0 Å². The molecule has 0 unspecified atom stereocenters. The minimum absolute atomic E-state index is 0.108. The molecule has 1 amide bonds. The van der Waals surface area contributed by atoms with Crippen molar-refractivity contribution >= 4 is 38.5 Å². The number of carbonyl (C=O) groups is 2. The fourth-order valence-corrected chi connectivity index (χ4v) is 5.13. The predicted octanol–water partition coefficient (Wildman–Crippen LogP) is 2.12. The number of benzene rings is 2. The molecule has 0 bridgehead atoms. The van der Waals surface area contributed by atoms with Crippen molar-refractivity contribution in [2.45, 2.75) is 23.8 Å². The van der Waals surface area contributed by atoms with Crippen molar-refractivity contribution < 1.29 is 37.3 Å². The van der Waals surface area contributed by atoms with Gasteiger partial charge in [-0.15, -0.1) is 0 Å². The maximum absolute atomic E-state index is 13.8. The van der Waals surface area contributed by atoms with Gasteiger partial charge in [-0.1, -0.05) is 0 Å². The van der Waals surface area contributed by atoms with Crippen LogP contribution in [-0.4, -0.2) is 57.3 Å². The van der Waals surface area contributed by atoms with Crippen molar-refractivity contribution in [1.82, 2.24) is 4.57 Å². The number of fused-ring (bicyclic) bond motifs is 1. The molecule has 3 aromatic rings. The van der Waals surface area contributed by atoms with E-state index in [0.29, 0.717) is 9.69 Å². The molecule has 3 rings (SSSR count). The molecule has 0 radical (unpaired) electrons. The van der Waals surface area contributed by atoms with Crippen LogP contribution in [0.1, 0.15) is 12.8 Å². The van der Waals surface area contributed by atoms with Crippen molar-refractivity contribution in [3.8, 4) is 17.2 Å². The van der Waals surface area contributed by atoms with E-state index in [0.717, 1.165) is 5.52 Å². The molecule has 1 atom stereocenters. The molecule has 0 aliphatic heterocycles. The average Bonchev–Trinajstić information content (AvgIpc) is 3.21. The number of sulfonamides is 1. The topological polar surface area (TPSA) is 150 Å². The molecule has 1 aromatic heterocycles. The van der Waals surface area contributed by atoms with Crippen molar-refractivity contribution in [3.63, 3.8) is 0 Å². The molecule has 1 heterocycles. The van der Waals surface area contributed by atoms with Gasteiger partial charge >= 0.3 is 5.97 Å². The molecule has 0 saturated carbocycles. The number of hydrogen-bond acceptors (Lipinski definition) is 8. The Balaban J connectivity index is 2.21. The van der Waals surface area contributed by atoms with Crippen LogP contribution in [0, 0.1) is 0 Å². The Morgan fingerprint density at radius 1 is 1.06 bits per heavy atom. The smallest absolute Gasteiger partial charge is 0.303 e. The molecule has 0 fully saturated rings. The van der Waals surface area contributed by atoms with E-state index in [9.17, 15) is 18.0 Å². The molecule has 188 valence electrons. The van der Waals surface area contributed by atoms with Gasteiger partial charge in [-0.05, 0) is 30.7 Å². The number of nitrogens with zero attached hydrogens (tertiary/aromatic N) is 2. The maximum atomic E-state index is 13.8. The lowest BCUT2D eigenvalue weighted by Gasteiger charge is -2.26. The van der Waals surface area contributed by atoms with E-state index in [-0.39, 0.29) is 34.3 Å². The summed E-state index contributed by atoms with van der Waals surface area (Å²) in [7, 11) is 1.42. The Kier molecular flexibility index (Phi) is 7.56. The SMILES string of the molecule is COc1cc(N(C(=O)[C@@H](N)CCC(=O)O)S(=O)(=O)c2ccc3c(ccn3C)c2)cc(OC)c1OC. The highest BCUT2D eigenvalue weighted by molar-refractivity contribution is 7.93. The number of aromatic nitrogens is 1. The van der Waals surface area contributed by atoms with Crippen molar-refractivity contribution in [2.75, 3.05) is 25.6 Å². The Hall–Kier alpha value is -3.77. The molecule has 2 aromatic carbocycles. The zero-order valence-electron chi connectivity index (χ0n) is 19.7. The van der Waals surface area contributed by atoms with Gasteiger partial charge in [0.25, 0.3) is 15.9 Å². The minimum atomic E-state index is -4.49. The lowest BCUT2D eigenvalue weighted by molar-refractivity contribution is -0.137. The lowest BCUT2D eigenvalue weighted by Crippen LogP contribution is -2.47. The summed E-state index contributed by atoms with van der Waals surface area (Å²) < 4.78 is 46.0. The number of hydrogen-bond donors (Lipinski definition) is 2. The summed E-state index contributed by atoms with van der Waals surface area (Å²) in [6.45, 7) is 0. The van der Waals surface area contributed by atoms with Gasteiger partial charge in [-0.2, -0.15) is 0 Å². The highest BCUT2D eigenvalue weighted by Gasteiger charge is 2.36. The largest absolute Gasteiger partial charge is 0.493 e. The molecule has 0 aliphatic carbocycles. The number of methoxy groups -OCH3 is 3. The molecule has 35 heavy (non-hydrogen) atoms. The van der Waals surface area contributed by atoms with Gasteiger partial charge in [-0.3, -0.25) is 9.59 Å². The second-order valence-electron chi connectivity index (χ2n) is 7.68. The first-order valence-electron chi connectivity index (χ1n) is 10.5. The Bertz CT molecular complexity index is 1340. The molecule has 0 spiro atoms. The number of carboxylic acids is 1. The zero-order chi connectivity index (χ0) is 25.9. The summed E-state index contributed by atoms with van der Waals surface area (Å²) in [4.78, 5) is 24.3. The van der Waals surface area contributed by atoms with E-state index in [1.165, 1.54) is 45.6 Å². The lowest BCUT2D eigenvalue weighted by atomic mass is 10.1. The maximum Gasteiger partial charge on any atom is 0.303 e. The number of ether oxygens (including phenoxy) is 3. The molecular formula is C23H27N3O8S. The van der Waals surface area contributed by atoms with Gasteiger partial charge < -0.3 is 29.6 Å². The number of nitrogens with two attached hydrogens (primary N) is 1. The molecular weight excluding hydrogens is 478 g/mol. The summed E-state index contributed by atoms with van der Waals surface area (Å²) >= 11 is 0. The van der Waals surface area contributed by atoms with Gasteiger partial charge in [0.05, 0.1) is 38.0 Å². The molecule has 0 saturated heterocycles. The first-order valence-corrected chi connectivity index (χ1v) is 11.9. The number of carbonyl (C=O) groups excluding carboxylic acids is 1. The molecule has 0 aliphatic rings. The van der Waals surface area contributed by atoms with Crippen LogP contribution in [0.25, 0.3) is 10.9 Å². The van der Waals surface area contributed by atoms with Gasteiger partial charge in [-0.25, -0.2) is 12.7 Å². The molecule has 12 heteroatoms. The Morgan fingerprint density at radius 3 is 2.23 bits per heavy atom. The van der Waals surface area contributed by atoms with Gasteiger partial charge in [0, 0.05) is 42.7 Å². The quantitative estimate of drug-likeness (QED) is 0.422. The highest BCUT2D eigenvalue weighted by atomic mass is 32.2. The summed E-state index contributed by atoms with van der Waals surface area (Å²) in [5.41, 5.74) is 6.65. The minimum Gasteiger partial charge on any atom is -0.493 e. The third-order valence-corrected chi connectivity index (χ3v) is 7.19. The van der Waals surface area contributed by atoms with Crippen LogP contribution in [0.5, 0.6) is 17.2 Å². The van der Waals surface area contributed by atoms with Crippen LogP contribution in [-0.2, 0) is 26.7 Å². The summed E-state index contributed by atoms with van der Waals surface area (Å²) in [5, 5.41) is 9.64. The summed E-state index contributed by atoms with van der Waals surface area (Å²) in [5.74, 6) is -1.73. The molecule has 3 N–H and O–H groups in total. The number of aryl methyl sites for hydroxylation is 1. The standard InChI is InChI=1S/C23H27N3O8S/c1-25-10-9-14-11-16(5-7-18(14)25)35(30,31)26(23(29)17(24)6-8-21(27)28)15-12-19(32-2)22(34-4)20(13-15)33-3/h5,7,9-13,17H,6,8,24H2,1-4H3,(H,27,28)/t17-/m0/s1. The fourth-order valence-electron chi connectivity index (χ4n) is 3.65. The highest BCUT2D eigenvalue weighted by Crippen LogP contribution is 2.42. The Morgan fingerprint density at radius 2 is 1.69 bits per heavy atom. The summed E-state index contributed by atoms with van der Waals surface area (Å²) in [6, 6.07) is 7.43. The van der Waals surface area contributed by atoms with Crippen LogP contribution in [0.4, 0.5) is 5.69 Å². The second-order valence-corrected chi connectivity index (χ2v) is 9.46. The van der Waals surface area contributed by atoms with Crippen LogP contribution < -0.4 is 24.2 Å².